The highest BCUT2D eigenvalue weighted by Crippen LogP contribution is 2.21. The van der Waals surface area contributed by atoms with Crippen LogP contribution >= 0.6 is 0 Å². The minimum atomic E-state index is 0.00534. The van der Waals surface area contributed by atoms with Crippen molar-refractivity contribution in [2.24, 2.45) is 5.92 Å². The van der Waals surface area contributed by atoms with Crippen molar-refractivity contribution in [1.29, 1.82) is 0 Å². The number of fused-ring (bicyclic) bond motifs is 1. The Morgan fingerprint density at radius 3 is 2.96 bits per heavy atom. The lowest BCUT2D eigenvalue weighted by atomic mass is 10.1. The molecule has 0 saturated heterocycles. The Kier molecular flexibility index (Phi) is 4.76. The molecule has 0 fully saturated rings. The van der Waals surface area contributed by atoms with Gasteiger partial charge in [0.1, 0.15) is 5.69 Å². The monoisotopic (exact) mass is 313 g/mol. The third-order valence-corrected chi connectivity index (χ3v) is 4.33. The smallest absolute Gasteiger partial charge is 0.272 e. The highest BCUT2D eigenvalue weighted by molar-refractivity contribution is 5.92. The zero-order chi connectivity index (χ0) is 16.2. The minimum absolute atomic E-state index is 0.00534. The van der Waals surface area contributed by atoms with Crippen LogP contribution in [0.5, 0.6) is 0 Å². The predicted octanol–water partition coefficient (Wildman–Crippen LogP) is 2.50. The number of aromatic nitrogens is 2. The minimum Gasteiger partial charge on any atom is -0.385 e. The van der Waals surface area contributed by atoms with E-state index >= 15 is 0 Å². The predicted molar refractivity (Wildman–Crippen MR) is 88.1 cm³/mol. The van der Waals surface area contributed by atoms with Crippen LogP contribution < -0.4 is 0 Å². The summed E-state index contributed by atoms with van der Waals surface area (Å²) in [7, 11) is 1.72. The molecule has 122 valence electrons. The molecule has 5 nitrogen and oxygen atoms in total. The summed E-state index contributed by atoms with van der Waals surface area (Å²) in [4.78, 5) is 19.2. The fraction of sp³-hybridized carbons (Fsp3) is 0.444. The van der Waals surface area contributed by atoms with E-state index in [1.807, 2.05) is 30.0 Å². The SMILES string of the molecule is COCC[C@@H]1CN(C(=O)c2cccc(C)n2)Cc2cccn2C1. The lowest BCUT2D eigenvalue weighted by Crippen LogP contribution is -2.34. The highest BCUT2D eigenvalue weighted by Gasteiger charge is 2.26. The van der Waals surface area contributed by atoms with Crippen LogP contribution in [0, 0.1) is 12.8 Å². The number of amides is 1. The molecule has 3 heterocycles. The Bertz CT molecular complexity index is 680. The lowest BCUT2D eigenvalue weighted by molar-refractivity contribution is 0.0699. The quantitative estimate of drug-likeness (QED) is 0.871. The summed E-state index contributed by atoms with van der Waals surface area (Å²) in [5.41, 5.74) is 2.56. The van der Waals surface area contributed by atoms with Crippen molar-refractivity contribution in [3.63, 3.8) is 0 Å². The first-order valence-electron chi connectivity index (χ1n) is 8.03. The van der Waals surface area contributed by atoms with E-state index in [0.717, 1.165) is 25.2 Å². The van der Waals surface area contributed by atoms with Gasteiger partial charge in [0.2, 0.25) is 0 Å². The number of methoxy groups -OCH3 is 1. The third-order valence-electron chi connectivity index (χ3n) is 4.33. The van der Waals surface area contributed by atoms with Gasteiger partial charge in [-0.3, -0.25) is 4.79 Å². The molecule has 1 aliphatic rings. The van der Waals surface area contributed by atoms with Gasteiger partial charge in [-0.2, -0.15) is 0 Å². The van der Waals surface area contributed by atoms with Gasteiger partial charge in [0, 0.05) is 44.4 Å². The molecule has 23 heavy (non-hydrogen) atoms. The molecule has 5 heteroatoms. The first kappa shape index (κ1) is 15.7. The van der Waals surface area contributed by atoms with E-state index in [9.17, 15) is 4.79 Å². The molecule has 1 atom stereocenters. The van der Waals surface area contributed by atoms with E-state index in [0.29, 0.717) is 24.8 Å². The van der Waals surface area contributed by atoms with E-state index in [4.69, 9.17) is 4.74 Å². The Balaban J connectivity index is 1.83. The van der Waals surface area contributed by atoms with Crippen LogP contribution in [0.1, 0.15) is 28.3 Å². The van der Waals surface area contributed by atoms with Gasteiger partial charge in [-0.05, 0) is 43.5 Å². The standard InChI is InChI=1S/C18H23N3O2/c1-14-5-3-7-17(19-14)18(22)21-12-15(8-10-23-2)11-20-9-4-6-16(20)13-21/h3-7,9,15H,8,10-13H2,1-2H3/t15-/m0/s1. The maximum atomic E-state index is 12.9. The first-order valence-corrected chi connectivity index (χ1v) is 8.03. The molecule has 0 spiro atoms. The second-order valence-corrected chi connectivity index (χ2v) is 6.15. The molecule has 2 aromatic heterocycles. The van der Waals surface area contributed by atoms with Crippen LogP contribution in [-0.2, 0) is 17.8 Å². The molecule has 0 radical (unpaired) electrons. The van der Waals surface area contributed by atoms with Gasteiger partial charge in [-0.25, -0.2) is 4.98 Å². The largest absolute Gasteiger partial charge is 0.385 e. The number of ether oxygens (including phenoxy) is 1. The van der Waals surface area contributed by atoms with Gasteiger partial charge in [0.25, 0.3) is 5.91 Å². The topological polar surface area (TPSA) is 47.4 Å². The second-order valence-electron chi connectivity index (χ2n) is 6.15. The van der Waals surface area contributed by atoms with E-state index in [1.165, 1.54) is 5.69 Å². The van der Waals surface area contributed by atoms with Gasteiger partial charge < -0.3 is 14.2 Å². The van der Waals surface area contributed by atoms with Crippen LogP contribution in [0.3, 0.4) is 0 Å². The molecular formula is C18H23N3O2. The fourth-order valence-electron chi connectivity index (χ4n) is 3.12. The van der Waals surface area contributed by atoms with Crippen molar-refractivity contribution < 1.29 is 9.53 Å². The molecular weight excluding hydrogens is 290 g/mol. The molecule has 0 aromatic carbocycles. The molecule has 0 N–H and O–H groups in total. The van der Waals surface area contributed by atoms with Crippen molar-refractivity contribution in [3.8, 4) is 0 Å². The number of nitrogens with zero attached hydrogens (tertiary/aromatic N) is 3. The van der Waals surface area contributed by atoms with E-state index in [-0.39, 0.29) is 5.91 Å². The summed E-state index contributed by atoms with van der Waals surface area (Å²) in [6, 6.07) is 9.72. The van der Waals surface area contributed by atoms with E-state index in [2.05, 4.69) is 21.8 Å². The Hall–Kier alpha value is -2.14. The van der Waals surface area contributed by atoms with Crippen LogP contribution in [0.2, 0.25) is 0 Å². The molecule has 2 aromatic rings. The molecule has 3 rings (SSSR count). The number of hydrogen-bond acceptors (Lipinski definition) is 3. The highest BCUT2D eigenvalue weighted by atomic mass is 16.5. The maximum Gasteiger partial charge on any atom is 0.272 e. The van der Waals surface area contributed by atoms with E-state index < -0.39 is 0 Å². The normalized spacial score (nSPS) is 17.7. The van der Waals surface area contributed by atoms with Crippen LogP contribution in [0.4, 0.5) is 0 Å². The fourth-order valence-corrected chi connectivity index (χ4v) is 3.12. The lowest BCUT2D eigenvalue weighted by Gasteiger charge is -2.24. The summed E-state index contributed by atoms with van der Waals surface area (Å²) in [6.45, 7) is 4.92. The number of carbonyl (C=O) groups is 1. The van der Waals surface area contributed by atoms with Crippen molar-refractivity contribution in [2.45, 2.75) is 26.4 Å². The van der Waals surface area contributed by atoms with Gasteiger partial charge in [0.15, 0.2) is 0 Å². The van der Waals surface area contributed by atoms with Crippen molar-refractivity contribution in [3.05, 3.63) is 53.6 Å². The summed E-state index contributed by atoms with van der Waals surface area (Å²) in [5.74, 6) is 0.392. The molecule has 0 saturated carbocycles. The number of pyridine rings is 1. The van der Waals surface area contributed by atoms with Crippen LogP contribution in [-0.4, -0.2) is 40.6 Å². The van der Waals surface area contributed by atoms with Crippen molar-refractivity contribution in [2.75, 3.05) is 20.3 Å². The van der Waals surface area contributed by atoms with Crippen LogP contribution in [0.25, 0.3) is 0 Å². The van der Waals surface area contributed by atoms with Crippen LogP contribution in [0.15, 0.2) is 36.5 Å². The zero-order valence-electron chi connectivity index (χ0n) is 13.7. The van der Waals surface area contributed by atoms with Gasteiger partial charge in [-0.1, -0.05) is 6.07 Å². The molecule has 0 bridgehead atoms. The Labute approximate surface area is 136 Å². The Morgan fingerprint density at radius 1 is 1.30 bits per heavy atom. The average molecular weight is 313 g/mol. The molecule has 0 aliphatic carbocycles. The number of carbonyl (C=O) groups excluding carboxylic acids is 1. The zero-order valence-corrected chi connectivity index (χ0v) is 13.7. The number of rotatable bonds is 4. The number of hydrogen-bond donors (Lipinski definition) is 0. The maximum absolute atomic E-state index is 12.9. The Morgan fingerprint density at radius 2 is 2.17 bits per heavy atom. The van der Waals surface area contributed by atoms with Crippen molar-refractivity contribution in [1.82, 2.24) is 14.5 Å². The average Bonchev–Trinajstić information content (AvgIpc) is 2.90. The van der Waals surface area contributed by atoms with Gasteiger partial charge in [0.05, 0.1) is 6.54 Å². The van der Waals surface area contributed by atoms with Gasteiger partial charge >= 0.3 is 0 Å². The summed E-state index contributed by atoms with van der Waals surface area (Å²) >= 11 is 0. The molecule has 1 aliphatic heterocycles. The van der Waals surface area contributed by atoms with Crippen molar-refractivity contribution >= 4 is 5.91 Å². The molecule has 1 amide bonds. The summed E-state index contributed by atoms with van der Waals surface area (Å²) in [6.07, 6.45) is 3.03. The van der Waals surface area contributed by atoms with E-state index in [1.54, 1.807) is 13.2 Å². The van der Waals surface area contributed by atoms with Gasteiger partial charge in [-0.15, -0.1) is 0 Å². The molecule has 0 unspecified atom stereocenters. The second kappa shape index (κ2) is 6.96. The third kappa shape index (κ3) is 3.62. The summed E-state index contributed by atoms with van der Waals surface area (Å²) < 4.78 is 7.47. The number of aryl methyl sites for hydroxylation is 1. The summed E-state index contributed by atoms with van der Waals surface area (Å²) in [5, 5.41) is 0. The first-order chi connectivity index (χ1) is 11.2.